The predicted octanol–water partition coefficient (Wildman–Crippen LogP) is 8.01. The van der Waals surface area contributed by atoms with Gasteiger partial charge in [-0.2, -0.15) is 13.2 Å². The number of aliphatic hydroxyl groups is 1. The minimum atomic E-state index is -4.60. The number of benzene rings is 1. The van der Waals surface area contributed by atoms with Gasteiger partial charge in [0, 0.05) is 74.6 Å². The van der Waals surface area contributed by atoms with Crippen LogP contribution in [0.15, 0.2) is 41.1 Å². The lowest BCUT2D eigenvalue weighted by molar-refractivity contribution is -0.151. The van der Waals surface area contributed by atoms with Crippen LogP contribution in [0.5, 0.6) is 0 Å². The van der Waals surface area contributed by atoms with Gasteiger partial charge in [-0.1, -0.05) is 19.9 Å². The van der Waals surface area contributed by atoms with Gasteiger partial charge in [0.2, 0.25) is 5.89 Å². The van der Waals surface area contributed by atoms with E-state index in [9.17, 15) is 27.9 Å². The fourth-order valence-corrected chi connectivity index (χ4v) is 7.96. The van der Waals surface area contributed by atoms with Crippen LogP contribution in [0.3, 0.4) is 0 Å². The minimum Gasteiger partial charge on any atom is -0.464 e. The number of carbonyl (C=O) groups excluding carboxylic acids is 2. The van der Waals surface area contributed by atoms with Crippen molar-refractivity contribution in [3.8, 4) is 22.5 Å². The van der Waals surface area contributed by atoms with Crippen molar-refractivity contribution in [3.63, 3.8) is 0 Å². The Morgan fingerprint density at radius 2 is 1.74 bits per heavy atom. The van der Waals surface area contributed by atoms with Crippen LogP contribution in [0.2, 0.25) is 0 Å². The summed E-state index contributed by atoms with van der Waals surface area (Å²) in [7, 11) is 1.54. The van der Waals surface area contributed by atoms with Crippen LogP contribution in [0.4, 0.5) is 23.7 Å². The van der Waals surface area contributed by atoms with Crippen LogP contribution >= 0.6 is 0 Å². The van der Waals surface area contributed by atoms with Crippen LogP contribution < -0.4 is 10.2 Å². The number of halogens is 3. The van der Waals surface area contributed by atoms with E-state index in [4.69, 9.17) is 33.3 Å². The Balaban J connectivity index is 1.50. The highest BCUT2D eigenvalue weighted by molar-refractivity contribution is 5.95. The average Bonchev–Trinajstić information content (AvgIpc) is 3.88. The third-order valence-electron chi connectivity index (χ3n) is 11.2. The number of pyridine rings is 1. The molecule has 1 amide bonds. The molecule has 2 N–H and O–H groups in total. The molecule has 14 nitrogen and oxygen atoms in total. The number of methoxy groups -OCH3 is 1. The van der Waals surface area contributed by atoms with Crippen molar-refractivity contribution in [3.05, 3.63) is 53.9 Å². The summed E-state index contributed by atoms with van der Waals surface area (Å²) in [5.74, 6) is -0.846. The van der Waals surface area contributed by atoms with E-state index in [0.717, 1.165) is 31.9 Å². The van der Waals surface area contributed by atoms with Crippen LogP contribution in [-0.2, 0) is 36.7 Å². The smallest absolute Gasteiger partial charge is 0.408 e. The summed E-state index contributed by atoms with van der Waals surface area (Å²) in [5.41, 5.74) is 2.25. The predicted molar refractivity (Wildman–Crippen MR) is 228 cm³/mol. The molecule has 4 aromatic rings. The average molecular weight is 871 g/mol. The molecule has 4 heterocycles. The van der Waals surface area contributed by atoms with Crippen molar-refractivity contribution in [1.82, 2.24) is 24.8 Å². The summed E-state index contributed by atoms with van der Waals surface area (Å²) in [6.45, 7) is 15.9. The molecule has 1 aliphatic heterocycles. The van der Waals surface area contributed by atoms with Gasteiger partial charge in [0.15, 0.2) is 12.1 Å². The Labute approximate surface area is 361 Å². The highest BCUT2D eigenvalue weighted by Crippen LogP contribution is 2.44. The molecule has 1 aliphatic carbocycles. The van der Waals surface area contributed by atoms with Gasteiger partial charge in [-0.15, -0.1) is 0 Å². The first-order valence-corrected chi connectivity index (χ1v) is 21.3. The minimum absolute atomic E-state index is 0.0238. The maximum absolute atomic E-state index is 14.8. The zero-order valence-electron chi connectivity index (χ0n) is 37.2. The molecule has 2 fully saturated rings. The lowest BCUT2D eigenvalue weighted by atomic mass is 9.84. The molecule has 3 aromatic heterocycles. The van der Waals surface area contributed by atoms with E-state index in [-0.39, 0.29) is 32.1 Å². The molecular formula is C45H61F3N6O8. The van der Waals surface area contributed by atoms with E-state index < -0.39 is 54.0 Å². The Bertz CT molecular complexity index is 2190. The maximum Gasteiger partial charge on any atom is 0.408 e. The van der Waals surface area contributed by atoms with Crippen molar-refractivity contribution < 1.29 is 51.2 Å². The van der Waals surface area contributed by atoms with Gasteiger partial charge in [-0.05, 0) is 90.0 Å². The number of carbonyl (C=O) groups is 2. The number of aliphatic hydroxyl groups excluding tert-OH is 1. The summed E-state index contributed by atoms with van der Waals surface area (Å²) in [6.07, 6.45) is -1.50. The number of ether oxygens (including phenoxy) is 4. The van der Waals surface area contributed by atoms with Crippen molar-refractivity contribution >= 4 is 28.7 Å². The molecular weight excluding hydrogens is 810 g/mol. The number of alkyl halides is 3. The molecule has 0 unspecified atom stereocenters. The number of hydrogen-bond acceptors (Lipinski definition) is 12. The van der Waals surface area contributed by atoms with Gasteiger partial charge in [-0.3, -0.25) is 9.88 Å². The number of amides is 1. The number of aromatic nitrogens is 3. The second-order valence-corrected chi connectivity index (χ2v) is 17.8. The molecule has 62 heavy (non-hydrogen) atoms. The van der Waals surface area contributed by atoms with Gasteiger partial charge in [0.25, 0.3) is 0 Å². The van der Waals surface area contributed by atoms with E-state index in [0.29, 0.717) is 50.7 Å². The van der Waals surface area contributed by atoms with Crippen LogP contribution in [0.25, 0.3) is 33.4 Å². The second-order valence-electron chi connectivity index (χ2n) is 17.8. The Hall–Kier alpha value is -4.71. The number of alkyl carbamates (subject to hydrolysis) is 1. The number of nitrogens with zero attached hydrogens (tertiary/aromatic N) is 5. The first kappa shape index (κ1) is 46.8. The first-order chi connectivity index (χ1) is 29.3. The number of fused-ring (bicyclic) bond motifs is 1. The van der Waals surface area contributed by atoms with E-state index in [2.05, 4.69) is 15.1 Å². The molecule has 0 spiro atoms. The van der Waals surface area contributed by atoms with Crippen LogP contribution in [-0.4, -0.2) is 114 Å². The molecule has 0 radical (unpaired) electrons. The fraction of sp³-hybridized carbons (Fsp3) is 0.600. The molecule has 6 rings (SSSR count). The molecule has 1 saturated carbocycles. The fourth-order valence-electron chi connectivity index (χ4n) is 7.96. The van der Waals surface area contributed by atoms with Gasteiger partial charge < -0.3 is 43.3 Å². The molecule has 0 bridgehead atoms. The summed E-state index contributed by atoms with van der Waals surface area (Å²) in [5, 5.41) is 13.6. The van der Waals surface area contributed by atoms with Crippen LogP contribution in [0, 0.1) is 5.41 Å². The SMILES string of the molecule is CCOC(=O)[C@@H](NC(=O)OC(C)(C)C)[C@H](OCC)c1nc(-c2ccc3c(c2)c(CC(C)(C)CO)c(-c2cc(N4CCN(C5CC5)CC4)cnc2[C@H](C)OC)n3CC(F)(F)F)co1. The molecule has 1 aromatic carbocycles. The number of esters is 1. The van der Waals surface area contributed by atoms with Crippen molar-refractivity contribution in [1.29, 1.82) is 0 Å². The van der Waals surface area contributed by atoms with Gasteiger partial charge in [0.05, 0.1) is 36.0 Å². The zero-order chi connectivity index (χ0) is 45.1. The number of nitrogens with one attached hydrogen (secondary N) is 1. The topological polar surface area (TPSA) is 154 Å². The lowest BCUT2D eigenvalue weighted by Gasteiger charge is -2.36. The third kappa shape index (κ3) is 11.1. The summed E-state index contributed by atoms with van der Waals surface area (Å²) >= 11 is 0. The highest BCUT2D eigenvalue weighted by atomic mass is 19.4. The van der Waals surface area contributed by atoms with Crippen LogP contribution in [0.1, 0.15) is 97.6 Å². The van der Waals surface area contributed by atoms with E-state index >= 15 is 0 Å². The largest absolute Gasteiger partial charge is 0.464 e. The van der Waals surface area contributed by atoms with Crippen molar-refractivity contribution in [2.45, 2.75) is 117 Å². The van der Waals surface area contributed by atoms with Crippen molar-refractivity contribution in [2.75, 3.05) is 58.0 Å². The Morgan fingerprint density at radius 3 is 2.34 bits per heavy atom. The maximum atomic E-state index is 14.8. The summed E-state index contributed by atoms with van der Waals surface area (Å²) in [6, 6.07) is 6.22. The molecule has 340 valence electrons. The summed E-state index contributed by atoms with van der Waals surface area (Å²) in [4.78, 5) is 40.5. The molecule has 1 saturated heterocycles. The van der Waals surface area contributed by atoms with E-state index in [1.165, 1.54) is 23.7 Å². The third-order valence-corrected chi connectivity index (χ3v) is 11.2. The molecule has 17 heteroatoms. The quantitative estimate of drug-likeness (QED) is 0.0989. The molecule has 3 atom stereocenters. The van der Waals surface area contributed by atoms with Gasteiger partial charge >= 0.3 is 18.2 Å². The van der Waals surface area contributed by atoms with E-state index in [1.807, 2.05) is 26.8 Å². The number of rotatable bonds is 17. The Kier molecular flexibility index (Phi) is 14.3. The number of oxazole rings is 1. The van der Waals surface area contributed by atoms with Crippen molar-refractivity contribution in [2.24, 2.45) is 5.41 Å². The first-order valence-electron chi connectivity index (χ1n) is 21.3. The van der Waals surface area contributed by atoms with E-state index in [1.54, 1.807) is 66.1 Å². The highest BCUT2D eigenvalue weighted by Gasteiger charge is 2.39. The second kappa shape index (κ2) is 19.0. The molecule has 2 aliphatic rings. The number of piperazine rings is 1. The standard InChI is InChI=1S/C45H61F3N6O8/c1-10-59-39(37(41(56)60-11-2)51-42(57)62-43(4,5)6)40-50-34(24-61-40)28-12-15-35-31(20-28)33(22-44(7,8)26-55)38(54(35)25-45(46,47)48)32-21-30(23-49-36(32)27(3)58-9)53-18-16-52(17-19-53)29-13-14-29/h12,15,20-21,23-24,27,29,37,39,55H,10-11,13-14,16-19,22,25-26H2,1-9H3,(H,51,57)/t27-,37-,39-/m0/s1. The van der Waals surface area contributed by atoms with Gasteiger partial charge in [-0.25, -0.2) is 14.6 Å². The number of hydrogen-bond donors (Lipinski definition) is 2. The lowest BCUT2D eigenvalue weighted by Crippen LogP contribution is -2.48. The summed E-state index contributed by atoms with van der Waals surface area (Å²) < 4.78 is 74.0. The zero-order valence-corrected chi connectivity index (χ0v) is 37.2. The normalized spacial score (nSPS) is 17.0. The number of anilines is 1. The monoisotopic (exact) mass is 870 g/mol. The Morgan fingerprint density at radius 1 is 1.03 bits per heavy atom. The van der Waals surface area contributed by atoms with Gasteiger partial charge in [0.1, 0.15) is 24.1 Å².